The molecular weight excluding hydrogens is 278 g/mol. The Bertz CT molecular complexity index is 547. The van der Waals surface area contributed by atoms with E-state index in [-0.39, 0.29) is 0 Å². The Kier molecular flexibility index (Phi) is 2.67. The Labute approximate surface area is 109 Å². The fourth-order valence-electron chi connectivity index (χ4n) is 2.44. The molecule has 0 aliphatic carbocycles. The number of rotatable bonds is 1. The Morgan fingerprint density at radius 2 is 2.24 bits per heavy atom. The van der Waals surface area contributed by atoms with Crippen molar-refractivity contribution in [2.75, 3.05) is 11.9 Å². The van der Waals surface area contributed by atoms with Crippen LogP contribution in [0.25, 0.3) is 0 Å². The normalized spacial score (nSPS) is 18.6. The summed E-state index contributed by atoms with van der Waals surface area (Å²) in [6, 6.07) is 8.89. The van der Waals surface area contributed by atoms with Crippen molar-refractivity contribution in [2.45, 2.75) is 19.4 Å². The summed E-state index contributed by atoms with van der Waals surface area (Å²) in [6.45, 7) is 3.15. The maximum Gasteiger partial charge on any atom is 0.139 e. The average molecular weight is 292 g/mol. The first-order chi connectivity index (χ1) is 8.27. The largest absolute Gasteiger partial charge is 0.369 e. The zero-order valence-corrected chi connectivity index (χ0v) is 11.2. The number of nitrogens with one attached hydrogen (secondary N) is 1. The fraction of sp³-hybridized carbons (Fsp3) is 0.308. The third-order valence-electron chi connectivity index (χ3n) is 3.30. The summed E-state index contributed by atoms with van der Waals surface area (Å²) in [7, 11) is 0. The minimum absolute atomic E-state index is 0.346. The number of benzene rings is 1. The fourth-order valence-corrected chi connectivity index (χ4v) is 2.85. The minimum Gasteiger partial charge on any atom is -0.369 e. The average Bonchev–Trinajstić information content (AvgIpc) is 2.72. The summed E-state index contributed by atoms with van der Waals surface area (Å²) in [6.07, 6.45) is 2.94. The Morgan fingerprint density at radius 3 is 3.06 bits per heavy atom. The van der Waals surface area contributed by atoms with Crippen LogP contribution < -0.4 is 5.32 Å². The van der Waals surface area contributed by atoms with Gasteiger partial charge in [0.25, 0.3) is 0 Å². The van der Waals surface area contributed by atoms with Crippen LogP contribution in [0.4, 0.5) is 5.82 Å². The monoisotopic (exact) mass is 291 g/mol. The first-order valence-electron chi connectivity index (χ1n) is 5.80. The lowest BCUT2D eigenvalue weighted by Gasteiger charge is -2.27. The molecule has 3 rings (SSSR count). The van der Waals surface area contributed by atoms with E-state index in [0.717, 1.165) is 23.3 Å². The van der Waals surface area contributed by atoms with E-state index in [1.165, 1.54) is 11.1 Å². The summed E-state index contributed by atoms with van der Waals surface area (Å²) >= 11 is 3.52. The van der Waals surface area contributed by atoms with Gasteiger partial charge in [-0.2, -0.15) is 5.10 Å². The smallest absolute Gasteiger partial charge is 0.139 e. The van der Waals surface area contributed by atoms with Gasteiger partial charge in [0, 0.05) is 6.54 Å². The number of anilines is 1. The van der Waals surface area contributed by atoms with Gasteiger partial charge in [-0.3, -0.25) is 0 Å². The van der Waals surface area contributed by atoms with Gasteiger partial charge in [0.15, 0.2) is 0 Å². The second-order valence-corrected chi connectivity index (χ2v) is 5.23. The lowest BCUT2D eigenvalue weighted by molar-refractivity contribution is 0.480. The van der Waals surface area contributed by atoms with E-state index in [2.05, 4.69) is 62.2 Å². The first-order valence-corrected chi connectivity index (χ1v) is 6.59. The molecule has 1 atom stereocenters. The Morgan fingerprint density at radius 1 is 1.41 bits per heavy atom. The molecule has 0 fully saturated rings. The molecule has 2 heterocycles. The van der Waals surface area contributed by atoms with E-state index < -0.39 is 0 Å². The SMILES string of the molecule is Cc1ccccc1C1CCNc2c(Br)cnn21. The molecule has 1 aliphatic heterocycles. The van der Waals surface area contributed by atoms with Gasteiger partial charge in [-0.15, -0.1) is 0 Å². The van der Waals surface area contributed by atoms with Crippen molar-refractivity contribution in [1.29, 1.82) is 0 Å². The van der Waals surface area contributed by atoms with Gasteiger partial charge in [0.05, 0.1) is 16.7 Å². The van der Waals surface area contributed by atoms with E-state index in [4.69, 9.17) is 0 Å². The van der Waals surface area contributed by atoms with Gasteiger partial charge in [0.1, 0.15) is 5.82 Å². The highest BCUT2D eigenvalue weighted by Gasteiger charge is 2.24. The van der Waals surface area contributed by atoms with Crippen molar-refractivity contribution in [2.24, 2.45) is 0 Å². The van der Waals surface area contributed by atoms with E-state index in [1.54, 1.807) is 0 Å². The lowest BCUT2D eigenvalue weighted by Crippen LogP contribution is -2.24. The third kappa shape index (κ3) is 1.76. The van der Waals surface area contributed by atoms with Gasteiger partial charge in [0.2, 0.25) is 0 Å². The molecule has 1 aliphatic rings. The van der Waals surface area contributed by atoms with Crippen LogP contribution in [0, 0.1) is 6.92 Å². The molecule has 17 heavy (non-hydrogen) atoms. The topological polar surface area (TPSA) is 29.9 Å². The number of halogens is 1. The Hall–Kier alpha value is -1.29. The van der Waals surface area contributed by atoms with E-state index in [1.807, 2.05) is 6.20 Å². The molecule has 0 amide bonds. The second kappa shape index (κ2) is 4.18. The van der Waals surface area contributed by atoms with Crippen LogP contribution in [0.1, 0.15) is 23.6 Å². The molecule has 3 nitrogen and oxygen atoms in total. The maximum atomic E-state index is 4.46. The molecule has 0 saturated carbocycles. The summed E-state index contributed by atoms with van der Waals surface area (Å²) in [5.41, 5.74) is 2.70. The van der Waals surface area contributed by atoms with Crippen molar-refractivity contribution >= 4 is 21.7 Å². The van der Waals surface area contributed by atoms with Crippen LogP contribution in [0.15, 0.2) is 34.9 Å². The summed E-state index contributed by atoms with van der Waals surface area (Å²) in [4.78, 5) is 0. The van der Waals surface area contributed by atoms with Gasteiger partial charge in [-0.1, -0.05) is 24.3 Å². The van der Waals surface area contributed by atoms with Crippen LogP contribution >= 0.6 is 15.9 Å². The lowest BCUT2D eigenvalue weighted by atomic mass is 9.98. The molecule has 0 spiro atoms. The van der Waals surface area contributed by atoms with Crippen LogP contribution in [0.5, 0.6) is 0 Å². The molecule has 1 aromatic carbocycles. The second-order valence-electron chi connectivity index (χ2n) is 4.37. The third-order valence-corrected chi connectivity index (χ3v) is 3.88. The number of nitrogens with zero attached hydrogens (tertiary/aromatic N) is 2. The number of hydrogen-bond acceptors (Lipinski definition) is 2. The molecule has 1 unspecified atom stereocenters. The van der Waals surface area contributed by atoms with Gasteiger partial charge >= 0.3 is 0 Å². The van der Waals surface area contributed by atoms with Gasteiger partial charge < -0.3 is 5.32 Å². The van der Waals surface area contributed by atoms with Crippen molar-refractivity contribution in [3.63, 3.8) is 0 Å². The maximum absolute atomic E-state index is 4.46. The highest BCUT2D eigenvalue weighted by molar-refractivity contribution is 9.10. The molecule has 1 aromatic heterocycles. The summed E-state index contributed by atoms with van der Waals surface area (Å²) in [5, 5.41) is 7.85. The van der Waals surface area contributed by atoms with Crippen molar-refractivity contribution in [3.8, 4) is 0 Å². The zero-order valence-electron chi connectivity index (χ0n) is 9.65. The molecule has 4 heteroatoms. The standard InChI is InChI=1S/C13H14BrN3/c1-9-4-2-3-5-10(9)12-6-7-15-13-11(14)8-16-17(12)13/h2-5,8,12,15H,6-7H2,1H3. The molecule has 0 radical (unpaired) electrons. The van der Waals surface area contributed by atoms with Crippen LogP contribution in [-0.2, 0) is 0 Å². The Balaban J connectivity index is 2.09. The number of aromatic nitrogens is 2. The van der Waals surface area contributed by atoms with Gasteiger partial charge in [-0.05, 0) is 40.4 Å². The highest BCUT2D eigenvalue weighted by Crippen LogP contribution is 2.34. The number of aryl methyl sites for hydroxylation is 1. The van der Waals surface area contributed by atoms with Crippen molar-refractivity contribution in [1.82, 2.24) is 9.78 Å². The number of hydrogen-bond donors (Lipinski definition) is 1. The molecule has 2 aromatic rings. The van der Waals surface area contributed by atoms with Crippen LogP contribution in [-0.4, -0.2) is 16.3 Å². The quantitative estimate of drug-likeness (QED) is 0.873. The van der Waals surface area contributed by atoms with Gasteiger partial charge in [-0.25, -0.2) is 4.68 Å². The summed E-state index contributed by atoms with van der Waals surface area (Å²) in [5.74, 6) is 1.09. The molecule has 0 saturated heterocycles. The van der Waals surface area contributed by atoms with Crippen molar-refractivity contribution < 1.29 is 0 Å². The van der Waals surface area contributed by atoms with Crippen LogP contribution in [0.2, 0.25) is 0 Å². The van der Waals surface area contributed by atoms with Crippen molar-refractivity contribution in [3.05, 3.63) is 46.1 Å². The first kappa shape index (κ1) is 10.8. The molecule has 1 N–H and O–H groups in total. The zero-order chi connectivity index (χ0) is 11.8. The summed E-state index contributed by atoms with van der Waals surface area (Å²) < 4.78 is 3.12. The predicted molar refractivity (Wildman–Crippen MR) is 72.4 cm³/mol. The minimum atomic E-state index is 0.346. The highest BCUT2D eigenvalue weighted by atomic mass is 79.9. The van der Waals surface area contributed by atoms with E-state index >= 15 is 0 Å². The van der Waals surface area contributed by atoms with E-state index in [0.29, 0.717) is 6.04 Å². The van der Waals surface area contributed by atoms with Crippen LogP contribution in [0.3, 0.4) is 0 Å². The molecule has 88 valence electrons. The predicted octanol–water partition coefficient (Wildman–Crippen LogP) is 3.36. The van der Waals surface area contributed by atoms with E-state index in [9.17, 15) is 0 Å². The molecule has 0 bridgehead atoms. The molecular formula is C13H14BrN3. The number of fused-ring (bicyclic) bond motifs is 1.